The van der Waals surface area contributed by atoms with Gasteiger partial charge in [0.15, 0.2) is 5.78 Å². The van der Waals surface area contributed by atoms with Gasteiger partial charge in [-0.05, 0) is 31.0 Å². The van der Waals surface area contributed by atoms with Crippen LogP contribution in [-0.4, -0.2) is 28.8 Å². The highest BCUT2D eigenvalue weighted by Crippen LogP contribution is 2.49. The maximum absolute atomic E-state index is 13.4. The molecular weight excluding hydrogens is 299 g/mol. The van der Waals surface area contributed by atoms with Crippen LogP contribution in [0, 0.1) is 13.8 Å². The van der Waals surface area contributed by atoms with Gasteiger partial charge in [-0.3, -0.25) is 4.79 Å². The van der Waals surface area contributed by atoms with Crippen molar-refractivity contribution in [2.75, 3.05) is 0 Å². The zero-order chi connectivity index (χ0) is 16.2. The summed E-state index contributed by atoms with van der Waals surface area (Å²) < 4.78 is 68.6. The zero-order valence-corrected chi connectivity index (χ0v) is 11.0. The van der Waals surface area contributed by atoms with Gasteiger partial charge in [0.05, 0.1) is 12.0 Å². The number of ether oxygens (including phenoxy) is 1. The minimum Gasteiger partial charge on any atom is -0.454 e. The van der Waals surface area contributed by atoms with E-state index in [1.807, 2.05) is 0 Å². The van der Waals surface area contributed by atoms with Crippen LogP contribution in [0.3, 0.4) is 0 Å². The molecule has 8 heteroatoms. The average molecular weight is 310 g/mol. The molecule has 0 saturated heterocycles. The molecule has 1 aliphatic heterocycles. The summed E-state index contributed by atoms with van der Waals surface area (Å²) in [6.45, 7) is 3.05. The highest BCUT2D eigenvalue weighted by Gasteiger charge is 2.73. The predicted molar refractivity (Wildman–Crippen MR) is 61.4 cm³/mol. The maximum atomic E-state index is 13.4. The first kappa shape index (κ1) is 15.7. The number of ketones is 1. The van der Waals surface area contributed by atoms with E-state index in [9.17, 15) is 31.9 Å². The number of hydrogen-bond donors (Lipinski definition) is 1. The highest BCUT2D eigenvalue weighted by atomic mass is 19.4. The lowest BCUT2D eigenvalue weighted by Gasteiger charge is -2.39. The summed E-state index contributed by atoms with van der Waals surface area (Å²) in [4.78, 5) is 11.9. The number of fused-ring (bicyclic) bond motifs is 1. The fourth-order valence-electron chi connectivity index (χ4n) is 2.29. The molecule has 1 aromatic carbocycles. The van der Waals surface area contributed by atoms with Gasteiger partial charge >= 0.3 is 12.1 Å². The first-order valence-electron chi connectivity index (χ1n) is 5.89. The topological polar surface area (TPSA) is 46.5 Å². The molecule has 21 heavy (non-hydrogen) atoms. The Morgan fingerprint density at radius 1 is 1.19 bits per heavy atom. The third-order valence-corrected chi connectivity index (χ3v) is 3.25. The van der Waals surface area contributed by atoms with Crippen LogP contribution in [0.4, 0.5) is 22.0 Å². The van der Waals surface area contributed by atoms with Crippen molar-refractivity contribution >= 4 is 5.78 Å². The Balaban J connectivity index is 2.56. The SMILES string of the molecule is Cc1cc(C)c2c(c1)O[C@@](O)(C(F)(F)C(F)(F)F)CC2=O. The van der Waals surface area contributed by atoms with Gasteiger partial charge < -0.3 is 9.84 Å². The second kappa shape index (κ2) is 4.40. The summed E-state index contributed by atoms with van der Waals surface area (Å²) in [5.74, 6) is -11.0. The van der Waals surface area contributed by atoms with Gasteiger partial charge in [-0.2, -0.15) is 22.0 Å². The van der Waals surface area contributed by atoms with Crippen molar-refractivity contribution in [2.24, 2.45) is 0 Å². The average Bonchev–Trinajstić information content (AvgIpc) is 2.24. The van der Waals surface area contributed by atoms with Crippen LogP contribution >= 0.6 is 0 Å². The highest BCUT2D eigenvalue weighted by molar-refractivity contribution is 6.01. The maximum Gasteiger partial charge on any atom is 0.460 e. The quantitative estimate of drug-likeness (QED) is 0.811. The van der Waals surface area contributed by atoms with Crippen molar-refractivity contribution in [2.45, 2.75) is 38.2 Å². The first-order valence-corrected chi connectivity index (χ1v) is 5.89. The van der Waals surface area contributed by atoms with Crippen LogP contribution in [0.2, 0.25) is 0 Å². The van der Waals surface area contributed by atoms with Gasteiger partial charge in [-0.15, -0.1) is 0 Å². The Labute approximate surface area is 116 Å². The Kier molecular flexibility index (Phi) is 3.28. The van der Waals surface area contributed by atoms with E-state index < -0.39 is 35.8 Å². The van der Waals surface area contributed by atoms with Crippen LogP contribution in [0.5, 0.6) is 5.75 Å². The molecule has 1 aliphatic rings. The van der Waals surface area contributed by atoms with E-state index in [1.165, 1.54) is 6.92 Å². The Bertz CT molecular complexity index is 609. The monoisotopic (exact) mass is 310 g/mol. The Hall–Kier alpha value is -1.70. The molecule has 2 rings (SSSR count). The smallest absolute Gasteiger partial charge is 0.454 e. The molecule has 0 aliphatic carbocycles. The molecule has 0 aromatic heterocycles. The third-order valence-electron chi connectivity index (χ3n) is 3.25. The zero-order valence-electron chi connectivity index (χ0n) is 11.0. The number of benzene rings is 1. The van der Waals surface area contributed by atoms with E-state index in [2.05, 4.69) is 4.74 Å². The van der Waals surface area contributed by atoms with Crippen molar-refractivity contribution in [1.29, 1.82) is 0 Å². The van der Waals surface area contributed by atoms with Gasteiger partial charge in [0.25, 0.3) is 5.79 Å². The molecule has 0 spiro atoms. The molecule has 0 amide bonds. The lowest BCUT2D eigenvalue weighted by molar-refractivity contribution is -0.384. The molecule has 1 N–H and O–H groups in total. The van der Waals surface area contributed by atoms with Gasteiger partial charge in [0.1, 0.15) is 5.75 Å². The molecule has 0 unspecified atom stereocenters. The van der Waals surface area contributed by atoms with E-state index in [4.69, 9.17) is 0 Å². The molecule has 1 heterocycles. The van der Waals surface area contributed by atoms with Crippen molar-refractivity contribution in [3.63, 3.8) is 0 Å². The van der Waals surface area contributed by atoms with Gasteiger partial charge in [0.2, 0.25) is 0 Å². The molecule has 1 aromatic rings. The minimum absolute atomic E-state index is 0.0942. The minimum atomic E-state index is -6.04. The summed E-state index contributed by atoms with van der Waals surface area (Å²) in [6.07, 6.45) is -7.52. The third kappa shape index (κ3) is 2.27. The molecule has 1 atom stereocenters. The second-order valence-corrected chi connectivity index (χ2v) is 5.01. The van der Waals surface area contributed by atoms with Crippen molar-refractivity contribution in [3.05, 3.63) is 28.8 Å². The van der Waals surface area contributed by atoms with E-state index in [1.54, 1.807) is 13.0 Å². The second-order valence-electron chi connectivity index (χ2n) is 5.01. The number of alkyl halides is 5. The van der Waals surface area contributed by atoms with Crippen LogP contribution in [-0.2, 0) is 0 Å². The van der Waals surface area contributed by atoms with E-state index in [0.717, 1.165) is 6.07 Å². The Morgan fingerprint density at radius 2 is 1.76 bits per heavy atom. The normalized spacial score (nSPS) is 22.8. The summed E-state index contributed by atoms with van der Waals surface area (Å²) in [7, 11) is 0. The first-order chi connectivity index (χ1) is 9.39. The lowest BCUT2D eigenvalue weighted by atomic mass is 9.90. The Morgan fingerprint density at radius 3 is 2.29 bits per heavy atom. The lowest BCUT2D eigenvalue weighted by Crippen LogP contribution is -2.62. The fraction of sp³-hybridized carbons (Fsp3) is 0.462. The summed E-state index contributed by atoms with van der Waals surface area (Å²) in [5.41, 5.74) is 0.786. The number of Topliss-reactive ketones (excluding diaryl/α,β-unsaturated/α-hetero) is 1. The van der Waals surface area contributed by atoms with E-state index >= 15 is 0 Å². The van der Waals surface area contributed by atoms with Crippen molar-refractivity contribution < 1.29 is 36.6 Å². The summed E-state index contributed by atoms with van der Waals surface area (Å²) >= 11 is 0. The van der Waals surface area contributed by atoms with Crippen LogP contribution in [0.25, 0.3) is 0 Å². The van der Waals surface area contributed by atoms with Gasteiger partial charge in [0, 0.05) is 0 Å². The largest absolute Gasteiger partial charge is 0.460 e. The number of carbonyl (C=O) groups excluding carboxylic acids is 1. The number of carbonyl (C=O) groups is 1. The van der Waals surface area contributed by atoms with Gasteiger partial charge in [-0.25, -0.2) is 0 Å². The van der Waals surface area contributed by atoms with E-state index in [-0.39, 0.29) is 5.56 Å². The van der Waals surface area contributed by atoms with Crippen LogP contribution in [0.1, 0.15) is 27.9 Å². The molecule has 0 saturated carbocycles. The van der Waals surface area contributed by atoms with Crippen LogP contribution in [0.15, 0.2) is 12.1 Å². The van der Waals surface area contributed by atoms with Crippen LogP contribution < -0.4 is 4.74 Å². The fourth-order valence-corrected chi connectivity index (χ4v) is 2.29. The number of rotatable bonds is 1. The van der Waals surface area contributed by atoms with Crippen molar-refractivity contribution in [3.8, 4) is 5.75 Å². The molecule has 0 fully saturated rings. The number of aryl methyl sites for hydroxylation is 2. The molecule has 0 radical (unpaired) electrons. The standard InChI is InChI=1S/C13H11F5O3/c1-6-3-7(2)10-8(19)5-11(20,21-9(10)4-6)12(14,15)13(16,17)18/h3-4,20H,5H2,1-2H3/t11-/m1/s1. The van der Waals surface area contributed by atoms with Gasteiger partial charge in [-0.1, -0.05) is 6.07 Å². The number of halogens is 5. The molecule has 0 bridgehead atoms. The van der Waals surface area contributed by atoms with E-state index in [0.29, 0.717) is 11.1 Å². The number of hydrogen-bond acceptors (Lipinski definition) is 3. The molecule has 116 valence electrons. The van der Waals surface area contributed by atoms with Crippen molar-refractivity contribution in [1.82, 2.24) is 0 Å². The number of aliphatic hydroxyl groups is 1. The predicted octanol–water partition coefficient (Wildman–Crippen LogP) is 3.15. The molecule has 3 nitrogen and oxygen atoms in total. The summed E-state index contributed by atoms with van der Waals surface area (Å²) in [5, 5.41) is 9.62. The summed E-state index contributed by atoms with van der Waals surface area (Å²) in [6, 6.07) is 2.70. The molecular formula is C13H11F5O3.